The molecule has 0 bridgehead atoms. The normalized spacial score (nSPS) is 15.3. The van der Waals surface area contributed by atoms with E-state index in [4.69, 9.17) is 0 Å². The van der Waals surface area contributed by atoms with E-state index in [0.29, 0.717) is 29.9 Å². The maximum atomic E-state index is 13.4. The van der Waals surface area contributed by atoms with Gasteiger partial charge in [0, 0.05) is 62.9 Å². The highest BCUT2D eigenvalue weighted by molar-refractivity contribution is 7.89. The fraction of sp³-hybridized carbons (Fsp3) is 0.318. The molecule has 1 aliphatic heterocycles. The van der Waals surface area contributed by atoms with Gasteiger partial charge in [0.1, 0.15) is 10.6 Å². The Morgan fingerprint density at radius 3 is 2.29 bits per heavy atom. The minimum atomic E-state index is -3.75. The van der Waals surface area contributed by atoms with Crippen molar-refractivity contribution in [3.63, 3.8) is 0 Å². The molecule has 8 nitrogen and oxygen atoms in total. The van der Waals surface area contributed by atoms with Crippen molar-refractivity contribution in [2.75, 3.05) is 26.2 Å². The number of hydrogen-bond donors (Lipinski definition) is 0. The summed E-state index contributed by atoms with van der Waals surface area (Å²) in [6.45, 7) is 5.15. The molecule has 1 aromatic carbocycles. The molecule has 0 atom stereocenters. The van der Waals surface area contributed by atoms with Gasteiger partial charge in [0.05, 0.1) is 0 Å². The van der Waals surface area contributed by atoms with E-state index in [1.54, 1.807) is 36.5 Å². The van der Waals surface area contributed by atoms with Crippen LogP contribution in [0.15, 0.2) is 53.8 Å². The summed E-state index contributed by atoms with van der Waals surface area (Å²) < 4.78 is 29.7. The van der Waals surface area contributed by atoms with Gasteiger partial charge in [0.15, 0.2) is 0 Å². The number of carbonyl (C=O) groups excluding carboxylic acids is 1. The quantitative estimate of drug-likeness (QED) is 0.622. The molecule has 0 spiro atoms. The van der Waals surface area contributed by atoms with Crippen LogP contribution in [0.5, 0.6) is 0 Å². The SMILES string of the molecule is Cc1ccc(C(=O)N2CCN(S(=O)(=O)c3cn(C)nc3-c3ccncc3)CC2)cc1C. The lowest BCUT2D eigenvalue weighted by molar-refractivity contribution is 0.0698. The van der Waals surface area contributed by atoms with Crippen LogP contribution in [-0.4, -0.2) is 64.5 Å². The number of aryl methyl sites for hydroxylation is 3. The summed E-state index contributed by atoms with van der Waals surface area (Å²) in [4.78, 5) is 18.7. The first-order valence-electron chi connectivity index (χ1n) is 10.1. The standard InChI is InChI=1S/C22H25N5O3S/c1-16-4-5-19(14-17(16)2)22(28)26-10-12-27(13-11-26)31(29,30)20-15-25(3)24-21(20)18-6-8-23-9-7-18/h4-9,14-15H,10-13H2,1-3H3. The zero-order valence-electron chi connectivity index (χ0n) is 17.8. The van der Waals surface area contributed by atoms with Crippen LogP contribution in [0.25, 0.3) is 11.3 Å². The maximum Gasteiger partial charge on any atom is 0.253 e. The van der Waals surface area contributed by atoms with E-state index in [0.717, 1.165) is 11.1 Å². The van der Waals surface area contributed by atoms with E-state index in [1.807, 2.05) is 32.0 Å². The van der Waals surface area contributed by atoms with Gasteiger partial charge in [0.25, 0.3) is 5.91 Å². The molecule has 1 amide bonds. The minimum absolute atomic E-state index is 0.0704. The Balaban J connectivity index is 1.52. The molecule has 2 aromatic heterocycles. The Morgan fingerprint density at radius 1 is 0.968 bits per heavy atom. The number of hydrogen-bond acceptors (Lipinski definition) is 5. The second-order valence-corrected chi connectivity index (χ2v) is 9.65. The second-order valence-electron chi connectivity index (χ2n) is 7.75. The highest BCUT2D eigenvalue weighted by Gasteiger charge is 2.33. The lowest BCUT2D eigenvalue weighted by Crippen LogP contribution is -2.50. The average Bonchev–Trinajstić information content (AvgIpc) is 3.18. The van der Waals surface area contributed by atoms with Crippen molar-refractivity contribution in [3.8, 4) is 11.3 Å². The summed E-state index contributed by atoms with van der Waals surface area (Å²) in [6, 6.07) is 9.12. The van der Waals surface area contributed by atoms with Crippen LogP contribution in [0.1, 0.15) is 21.5 Å². The van der Waals surface area contributed by atoms with Crippen molar-refractivity contribution in [1.29, 1.82) is 0 Å². The fourth-order valence-electron chi connectivity index (χ4n) is 3.69. The molecule has 0 aliphatic carbocycles. The van der Waals surface area contributed by atoms with Crippen LogP contribution in [0.4, 0.5) is 0 Å². The van der Waals surface area contributed by atoms with Crippen LogP contribution < -0.4 is 0 Å². The summed E-state index contributed by atoms with van der Waals surface area (Å²) in [7, 11) is -2.06. The van der Waals surface area contributed by atoms with Crippen LogP contribution in [-0.2, 0) is 17.1 Å². The van der Waals surface area contributed by atoms with Gasteiger partial charge in [-0.1, -0.05) is 6.07 Å². The summed E-state index contributed by atoms with van der Waals surface area (Å²) in [5.74, 6) is -0.0704. The first-order valence-corrected chi connectivity index (χ1v) is 11.5. The molecule has 3 heterocycles. The smallest absolute Gasteiger partial charge is 0.253 e. The second kappa shape index (κ2) is 8.24. The van der Waals surface area contributed by atoms with E-state index in [1.165, 1.54) is 15.2 Å². The predicted molar refractivity (Wildman–Crippen MR) is 117 cm³/mol. The van der Waals surface area contributed by atoms with Gasteiger partial charge >= 0.3 is 0 Å². The summed E-state index contributed by atoms with van der Waals surface area (Å²) in [5, 5.41) is 4.36. The molecule has 0 N–H and O–H groups in total. The molecule has 0 radical (unpaired) electrons. The fourth-order valence-corrected chi connectivity index (χ4v) is 5.30. The van der Waals surface area contributed by atoms with E-state index >= 15 is 0 Å². The number of nitrogens with zero attached hydrogens (tertiary/aromatic N) is 5. The number of rotatable bonds is 4. The zero-order valence-corrected chi connectivity index (χ0v) is 18.6. The number of carbonyl (C=O) groups is 1. The molecular formula is C22H25N5O3S. The Kier molecular flexibility index (Phi) is 5.63. The number of piperazine rings is 1. The number of amides is 1. The topological polar surface area (TPSA) is 88.4 Å². The third-order valence-corrected chi connectivity index (χ3v) is 7.55. The molecule has 4 rings (SSSR count). The summed E-state index contributed by atoms with van der Waals surface area (Å²) in [5.41, 5.74) is 3.92. The third-order valence-electron chi connectivity index (χ3n) is 5.65. The molecule has 1 saturated heterocycles. The van der Waals surface area contributed by atoms with Crippen LogP contribution in [0.2, 0.25) is 0 Å². The lowest BCUT2D eigenvalue weighted by atomic mass is 10.1. The third kappa shape index (κ3) is 4.11. The minimum Gasteiger partial charge on any atom is -0.336 e. The average molecular weight is 440 g/mol. The highest BCUT2D eigenvalue weighted by Crippen LogP contribution is 2.28. The maximum absolute atomic E-state index is 13.4. The molecule has 1 aliphatic rings. The molecule has 1 fully saturated rings. The van der Waals surface area contributed by atoms with E-state index < -0.39 is 10.0 Å². The van der Waals surface area contributed by atoms with Crippen LogP contribution in [0.3, 0.4) is 0 Å². The number of aromatic nitrogens is 3. The van der Waals surface area contributed by atoms with E-state index in [2.05, 4.69) is 10.1 Å². The molecule has 0 saturated carbocycles. The lowest BCUT2D eigenvalue weighted by Gasteiger charge is -2.34. The van der Waals surface area contributed by atoms with Crippen molar-refractivity contribution in [1.82, 2.24) is 24.0 Å². The van der Waals surface area contributed by atoms with Gasteiger partial charge in [0.2, 0.25) is 10.0 Å². The van der Waals surface area contributed by atoms with Crippen molar-refractivity contribution < 1.29 is 13.2 Å². The van der Waals surface area contributed by atoms with Crippen molar-refractivity contribution >= 4 is 15.9 Å². The Hall–Kier alpha value is -3.04. The molecule has 0 unspecified atom stereocenters. The van der Waals surface area contributed by atoms with Crippen molar-refractivity contribution in [2.24, 2.45) is 7.05 Å². The molecule has 3 aromatic rings. The number of benzene rings is 1. The Bertz CT molecular complexity index is 1210. The summed E-state index contributed by atoms with van der Waals surface area (Å²) >= 11 is 0. The molecule has 162 valence electrons. The van der Waals surface area contributed by atoms with Crippen molar-refractivity contribution in [2.45, 2.75) is 18.7 Å². The number of sulfonamides is 1. The van der Waals surface area contributed by atoms with Crippen molar-refractivity contribution in [3.05, 3.63) is 65.6 Å². The van der Waals surface area contributed by atoms with Gasteiger partial charge in [-0.05, 0) is 49.2 Å². The van der Waals surface area contributed by atoms with Gasteiger partial charge in [-0.2, -0.15) is 9.40 Å². The first-order chi connectivity index (χ1) is 14.8. The zero-order chi connectivity index (χ0) is 22.2. The van der Waals surface area contributed by atoms with Crippen LogP contribution >= 0.6 is 0 Å². The largest absolute Gasteiger partial charge is 0.336 e. The summed E-state index contributed by atoms with van der Waals surface area (Å²) in [6.07, 6.45) is 4.74. The Labute approximate surface area is 182 Å². The molecule has 31 heavy (non-hydrogen) atoms. The first kappa shape index (κ1) is 21.2. The Morgan fingerprint density at radius 2 is 1.65 bits per heavy atom. The van der Waals surface area contributed by atoms with Crippen LogP contribution in [0, 0.1) is 13.8 Å². The highest BCUT2D eigenvalue weighted by atomic mass is 32.2. The van der Waals surface area contributed by atoms with E-state index in [-0.39, 0.29) is 23.9 Å². The number of pyridine rings is 1. The van der Waals surface area contributed by atoms with Gasteiger partial charge in [-0.25, -0.2) is 8.42 Å². The van der Waals surface area contributed by atoms with Gasteiger partial charge in [-0.15, -0.1) is 0 Å². The van der Waals surface area contributed by atoms with E-state index in [9.17, 15) is 13.2 Å². The molecule has 9 heteroatoms. The van der Waals surface area contributed by atoms with Gasteiger partial charge < -0.3 is 4.90 Å². The predicted octanol–water partition coefficient (Wildman–Crippen LogP) is 2.25. The monoisotopic (exact) mass is 439 g/mol. The molecular weight excluding hydrogens is 414 g/mol. The van der Waals surface area contributed by atoms with Gasteiger partial charge in [-0.3, -0.25) is 14.5 Å².